The SMILES string of the molecule is O=c1[nH]c(=O)n([C@H]2C[C@H](O)[C@@H](CO)O2)cc1CCCF. The van der Waals surface area contributed by atoms with E-state index < -0.39 is 36.4 Å². The summed E-state index contributed by atoms with van der Waals surface area (Å²) < 4.78 is 18.7. The van der Waals surface area contributed by atoms with E-state index in [4.69, 9.17) is 9.84 Å². The van der Waals surface area contributed by atoms with Gasteiger partial charge >= 0.3 is 5.69 Å². The van der Waals surface area contributed by atoms with Crippen LogP contribution in [-0.2, 0) is 11.2 Å². The number of aliphatic hydroxyl groups excluding tert-OH is 2. The van der Waals surface area contributed by atoms with Gasteiger partial charge in [0.05, 0.1) is 19.4 Å². The highest BCUT2D eigenvalue weighted by Crippen LogP contribution is 2.27. The molecule has 2 heterocycles. The molecule has 7 nitrogen and oxygen atoms in total. The molecule has 20 heavy (non-hydrogen) atoms. The van der Waals surface area contributed by atoms with Gasteiger partial charge in [-0.2, -0.15) is 0 Å². The Morgan fingerprint density at radius 2 is 2.25 bits per heavy atom. The molecule has 1 fully saturated rings. The zero-order valence-electron chi connectivity index (χ0n) is 10.8. The third kappa shape index (κ3) is 2.97. The lowest BCUT2D eigenvalue weighted by Crippen LogP contribution is -2.34. The smallest absolute Gasteiger partial charge is 0.330 e. The molecule has 3 N–H and O–H groups in total. The highest BCUT2D eigenvalue weighted by Gasteiger charge is 2.35. The molecular formula is C12H17FN2O5. The molecule has 0 radical (unpaired) electrons. The van der Waals surface area contributed by atoms with Gasteiger partial charge in [0, 0.05) is 18.2 Å². The number of H-pyrrole nitrogens is 1. The van der Waals surface area contributed by atoms with Gasteiger partial charge in [0.15, 0.2) is 0 Å². The van der Waals surface area contributed by atoms with Gasteiger partial charge in [0.25, 0.3) is 5.56 Å². The first-order valence-corrected chi connectivity index (χ1v) is 6.41. The summed E-state index contributed by atoms with van der Waals surface area (Å²) in [4.78, 5) is 25.5. The van der Waals surface area contributed by atoms with Gasteiger partial charge in [0.2, 0.25) is 0 Å². The van der Waals surface area contributed by atoms with Crippen molar-refractivity contribution in [3.8, 4) is 0 Å². The van der Waals surface area contributed by atoms with Gasteiger partial charge in [0.1, 0.15) is 12.3 Å². The molecule has 1 aromatic rings. The molecule has 1 saturated heterocycles. The van der Waals surface area contributed by atoms with Crippen LogP contribution in [0.3, 0.4) is 0 Å². The van der Waals surface area contributed by atoms with Crippen LogP contribution >= 0.6 is 0 Å². The van der Waals surface area contributed by atoms with Crippen molar-refractivity contribution in [1.82, 2.24) is 9.55 Å². The largest absolute Gasteiger partial charge is 0.394 e. The van der Waals surface area contributed by atoms with Crippen LogP contribution in [0, 0.1) is 0 Å². The first kappa shape index (κ1) is 14.9. The van der Waals surface area contributed by atoms with Crippen molar-refractivity contribution in [2.45, 2.75) is 37.7 Å². The lowest BCUT2D eigenvalue weighted by atomic mass is 10.2. The summed E-state index contributed by atoms with van der Waals surface area (Å²) in [6.07, 6.45) is -0.519. The lowest BCUT2D eigenvalue weighted by molar-refractivity contribution is -0.0460. The van der Waals surface area contributed by atoms with Crippen LogP contribution in [0.25, 0.3) is 0 Å². The van der Waals surface area contributed by atoms with Gasteiger partial charge in [-0.25, -0.2) is 4.79 Å². The van der Waals surface area contributed by atoms with E-state index in [0.717, 1.165) is 4.57 Å². The molecule has 112 valence electrons. The third-order valence-corrected chi connectivity index (χ3v) is 3.32. The summed E-state index contributed by atoms with van der Waals surface area (Å²) in [7, 11) is 0. The van der Waals surface area contributed by atoms with Gasteiger partial charge in [-0.15, -0.1) is 0 Å². The second kappa shape index (κ2) is 6.29. The average Bonchev–Trinajstić information content (AvgIpc) is 2.79. The zero-order chi connectivity index (χ0) is 14.7. The Labute approximate surface area is 113 Å². The Bertz CT molecular complexity index is 570. The quantitative estimate of drug-likeness (QED) is 0.650. The van der Waals surface area contributed by atoms with Crippen LogP contribution in [0.5, 0.6) is 0 Å². The van der Waals surface area contributed by atoms with E-state index in [0.29, 0.717) is 0 Å². The number of hydrogen-bond donors (Lipinski definition) is 3. The van der Waals surface area contributed by atoms with E-state index in [1.165, 1.54) is 6.20 Å². The fraction of sp³-hybridized carbons (Fsp3) is 0.667. The maximum atomic E-state index is 12.2. The molecule has 1 aliphatic heterocycles. The van der Waals surface area contributed by atoms with E-state index in [2.05, 4.69) is 4.98 Å². The van der Waals surface area contributed by atoms with Crippen molar-refractivity contribution in [3.05, 3.63) is 32.6 Å². The van der Waals surface area contributed by atoms with Crippen molar-refractivity contribution in [1.29, 1.82) is 0 Å². The number of aryl methyl sites for hydroxylation is 1. The Balaban J connectivity index is 2.28. The number of aliphatic hydroxyl groups is 2. The van der Waals surface area contributed by atoms with Crippen molar-refractivity contribution in [2.24, 2.45) is 0 Å². The Hall–Kier alpha value is -1.51. The third-order valence-electron chi connectivity index (χ3n) is 3.32. The summed E-state index contributed by atoms with van der Waals surface area (Å²) in [6, 6.07) is 0. The number of hydrogen-bond acceptors (Lipinski definition) is 5. The van der Waals surface area contributed by atoms with E-state index in [1.54, 1.807) is 0 Å². The minimum Gasteiger partial charge on any atom is -0.394 e. The molecule has 0 amide bonds. The van der Waals surface area contributed by atoms with Crippen LogP contribution in [0.1, 0.15) is 24.6 Å². The predicted molar refractivity (Wildman–Crippen MR) is 67.2 cm³/mol. The van der Waals surface area contributed by atoms with Gasteiger partial charge in [-0.1, -0.05) is 0 Å². The molecular weight excluding hydrogens is 271 g/mol. The summed E-state index contributed by atoms with van der Waals surface area (Å²) >= 11 is 0. The molecule has 3 atom stereocenters. The van der Waals surface area contributed by atoms with Crippen molar-refractivity contribution < 1.29 is 19.3 Å². The molecule has 0 aromatic carbocycles. The summed E-state index contributed by atoms with van der Waals surface area (Å²) in [5.41, 5.74) is -0.917. The maximum Gasteiger partial charge on any atom is 0.330 e. The van der Waals surface area contributed by atoms with Crippen molar-refractivity contribution >= 4 is 0 Å². The minimum absolute atomic E-state index is 0.139. The predicted octanol–water partition coefficient (Wildman–Crippen LogP) is -0.921. The topological polar surface area (TPSA) is 105 Å². The number of halogens is 1. The molecule has 0 aliphatic carbocycles. The minimum atomic E-state index is -0.877. The fourth-order valence-electron chi connectivity index (χ4n) is 2.23. The summed E-state index contributed by atoms with van der Waals surface area (Å²) in [5, 5.41) is 18.7. The summed E-state index contributed by atoms with van der Waals surface area (Å²) in [5.74, 6) is 0. The van der Waals surface area contributed by atoms with Crippen LogP contribution in [0.4, 0.5) is 4.39 Å². The number of nitrogens with one attached hydrogen (secondary N) is 1. The number of rotatable bonds is 5. The molecule has 0 unspecified atom stereocenters. The molecule has 0 bridgehead atoms. The summed E-state index contributed by atoms with van der Waals surface area (Å²) in [6.45, 7) is -0.908. The maximum absolute atomic E-state index is 12.2. The second-order valence-corrected chi connectivity index (χ2v) is 4.73. The molecule has 1 aliphatic rings. The van der Waals surface area contributed by atoms with E-state index in [1.807, 2.05) is 0 Å². The average molecular weight is 288 g/mol. The number of nitrogens with zero attached hydrogens (tertiary/aromatic N) is 1. The number of aromatic amines is 1. The molecule has 8 heteroatoms. The van der Waals surface area contributed by atoms with Crippen molar-refractivity contribution in [3.63, 3.8) is 0 Å². The number of ether oxygens (including phenoxy) is 1. The zero-order valence-corrected chi connectivity index (χ0v) is 10.8. The highest BCUT2D eigenvalue weighted by molar-refractivity contribution is 5.05. The first-order chi connectivity index (χ1) is 9.56. The monoisotopic (exact) mass is 288 g/mol. The lowest BCUT2D eigenvalue weighted by Gasteiger charge is -2.15. The van der Waals surface area contributed by atoms with E-state index in [9.17, 15) is 19.1 Å². The fourth-order valence-corrected chi connectivity index (χ4v) is 2.23. The number of aromatic nitrogens is 2. The second-order valence-electron chi connectivity index (χ2n) is 4.73. The Morgan fingerprint density at radius 1 is 1.50 bits per heavy atom. The Kier molecular flexibility index (Phi) is 4.69. The van der Waals surface area contributed by atoms with Crippen LogP contribution in [-0.4, -0.2) is 45.3 Å². The van der Waals surface area contributed by atoms with Crippen LogP contribution < -0.4 is 11.2 Å². The molecule has 0 spiro atoms. The molecule has 0 saturated carbocycles. The molecule has 1 aromatic heterocycles. The van der Waals surface area contributed by atoms with Crippen LogP contribution in [0.2, 0.25) is 0 Å². The van der Waals surface area contributed by atoms with Crippen LogP contribution in [0.15, 0.2) is 15.8 Å². The first-order valence-electron chi connectivity index (χ1n) is 6.41. The normalized spacial score (nSPS) is 26.1. The molecule has 2 rings (SSSR count). The van der Waals surface area contributed by atoms with Gasteiger partial charge < -0.3 is 14.9 Å². The van der Waals surface area contributed by atoms with Gasteiger partial charge in [-0.3, -0.25) is 18.7 Å². The Morgan fingerprint density at radius 3 is 2.85 bits per heavy atom. The van der Waals surface area contributed by atoms with E-state index >= 15 is 0 Å². The van der Waals surface area contributed by atoms with Crippen molar-refractivity contribution in [2.75, 3.05) is 13.3 Å². The van der Waals surface area contributed by atoms with E-state index in [-0.39, 0.29) is 31.4 Å². The highest BCUT2D eigenvalue weighted by atomic mass is 19.1. The standard InChI is InChI=1S/C12H17FN2O5/c13-3-1-2-7-5-15(12(19)14-11(7)18)10-4-8(17)9(6-16)20-10/h5,8-10,16-17H,1-4,6H2,(H,14,18,19)/t8-,9+,10+/m0/s1. The number of alkyl halides is 1. The van der Waals surface area contributed by atoms with Gasteiger partial charge in [-0.05, 0) is 12.8 Å².